The maximum atomic E-state index is 5.56. The van der Waals surface area contributed by atoms with Crippen LogP contribution < -0.4 is 15.2 Å². The molecule has 0 saturated carbocycles. The van der Waals surface area contributed by atoms with E-state index in [1.807, 2.05) is 24.3 Å². The summed E-state index contributed by atoms with van der Waals surface area (Å²) in [5, 5.41) is 0. The smallest absolute Gasteiger partial charge is 0.220 e. The number of benzene rings is 1. The number of ether oxygens (including phenoxy) is 2. The van der Waals surface area contributed by atoms with Gasteiger partial charge in [-0.05, 0) is 24.3 Å². The Labute approximate surface area is 98.2 Å². The molecule has 0 unspecified atom stereocenters. The zero-order valence-electron chi connectivity index (χ0n) is 9.09. The maximum absolute atomic E-state index is 5.56. The van der Waals surface area contributed by atoms with E-state index in [1.165, 1.54) is 0 Å². The standard InChI is InChI=1S/C12H11N3O2/c13-12-14-4-3-9(15-12)8-1-2-10-11(7-8)17-6-5-16-10/h1-4,7H,5-6H2,(H2,13,14,15). The van der Waals surface area contributed by atoms with Crippen LogP contribution in [0.4, 0.5) is 5.95 Å². The molecule has 1 aliphatic heterocycles. The molecule has 0 spiro atoms. The van der Waals surface area contributed by atoms with Crippen molar-refractivity contribution in [2.75, 3.05) is 18.9 Å². The Morgan fingerprint density at radius 3 is 2.71 bits per heavy atom. The van der Waals surface area contributed by atoms with Crippen LogP contribution in [0.15, 0.2) is 30.5 Å². The predicted octanol–water partition coefficient (Wildman–Crippen LogP) is 1.50. The SMILES string of the molecule is Nc1nccc(-c2ccc3c(c2)OCCO3)n1. The molecule has 5 nitrogen and oxygen atoms in total. The largest absolute Gasteiger partial charge is 0.486 e. The minimum absolute atomic E-state index is 0.261. The van der Waals surface area contributed by atoms with Crippen LogP contribution in [0.1, 0.15) is 0 Å². The number of nitrogen functional groups attached to an aromatic ring is 1. The van der Waals surface area contributed by atoms with Gasteiger partial charge in [0.2, 0.25) is 5.95 Å². The van der Waals surface area contributed by atoms with Crippen LogP contribution >= 0.6 is 0 Å². The first-order valence-corrected chi connectivity index (χ1v) is 5.31. The Hall–Kier alpha value is -2.30. The summed E-state index contributed by atoms with van der Waals surface area (Å²) in [6.07, 6.45) is 1.63. The number of anilines is 1. The van der Waals surface area contributed by atoms with Gasteiger partial charge in [0.15, 0.2) is 11.5 Å². The highest BCUT2D eigenvalue weighted by molar-refractivity contribution is 5.64. The van der Waals surface area contributed by atoms with E-state index in [1.54, 1.807) is 6.20 Å². The molecule has 2 N–H and O–H groups in total. The minimum atomic E-state index is 0.261. The van der Waals surface area contributed by atoms with Gasteiger partial charge in [0.05, 0.1) is 5.69 Å². The first-order chi connectivity index (χ1) is 8.33. The second kappa shape index (κ2) is 3.93. The average molecular weight is 229 g/mol. The molecule has 0 fully saturated rings. The summed E-state index contributed by atoms with van der Waals surface area (Å²) in [5.41, 5.74) is 7.26. The van der Waals surface area contributed by atoms with Crippen LogP contribution in [-0.4, -0.2) is 23.2 Å². The number of hydrogen-bond donors (Lipinski definition) is 1. The fraction of sp³-hybridized carbons (Fsp3) is 0.167. The number of nitrogens with two attached hydrogens (primary N) is 1. The molecule has 0 bridgehead atoms. The molecule has 0 radical (unpaired) electrons. The van der Waals surface area contributed by atoms with Gasteiger partial charge in [-0.15, -0.1) is 0 Å². The Balaban J connectivity index is 2.04. The van der Waals surface area contributed by atoms with Gasteiger partial charge in [0, 0.05) is 11.8 Å². The first kappa shape index (κ1) is 9.89. The second-order valence-corrected chi connectivity index (χ2v) is 3.66. The number of rotatable bonds is 1. The summed E-state index contributed by atoms with van der Waals surface area (Å²) in [4.78, 5) is 8.03. The van der Waals surface area contributed by atoms with E-state index in [2.05, 4.69) is 9.97 Å². The summed E-state index contributed by atoms with van der Waals surface area (Å²) in [6, 6.07) is 7.51. The van der Waals surface area contributed by atoms with Gasteiger partial charge >= 0.3 is 0 Å². The van der Waals surface area contributed by atoms with Gasteiger partial charge in [0.25, 0.3) is 0 Å². The van der Waals surface area contributed by atoms with Gasteiger partial charge in [-0.25, -0.2) is 9.97 Å². The number of fused-ring (bicyclic) bond motifs is 1. The molecular weight excluding hydrogens is 218 g/mol. The van der Waals surface area contributed by atoms with Gasteiger partial charge in [0.1, 0.15) is 13.2 Å². The normalized spacial score (nSPS) is 13.4. The summed E-state index contributed by atoms with van der Waals surface area (Å²) in [6.45, 7) is 1.16. The molecule has 86 valence electrons. The molecule has 3 rings (SSSR count). The fourth-order valence-electron chi connectivity index (χ4n) is 1.74. The van der Waals surface area contributed by atoms with E-state index in [0.717, 1.165) is 22.8 Å². The van der Waals surface area contributed by atoms with E-state index in [9.17, 15) is 0 Å². The number of aromatic nitrogens is 2. The third kappa shape index (κ3) is 1.87. The number of hydrogen-bond acceptors (Lipinski definition) is 5. The van der Waals surface area contributed by atoms with Gasteiger partial charge in [-0.2, -0.15) is 0 Å². The van der Waals surface area contributed by atoms with E-state index in [-0.39, 0.29) is 5.95 Å². The van der Waals surface area contributed by atoms with Crippen molar-refractivity contribution in [1.82, 2.24) is 9.97 Å². The van der Waals surface area contributed by atoms with E-state index < -0.39 is 0 Å². The molecule has 0 saturated heterocycles. The highest BCUT2D eigenvalue weighted by Gasteiger charge is 2.12. The van der Waals surface area contributed by atoms with Crippen molar-refractivity contribution in [3.05, 3.63) is 30.5 Å². The Bertz CT molecular complexity index is 557. The minimum Gasteiger partial charge on any atom is -0.486 e. The van der Waals surface area contributed by atoms with Gasteiger partial charge < -0.3 is 15.2 Å². The highest BCUT2D eigenvalue weighted by Crippen LogP contribution is 2.33. The molecule has 1 aromatic heterocycles. The monoisotopic (exact) mass is 229 g/mol. The number of nitrogens with zero attached hydrogens (tertiary/aromatic N) is 2. The van der Waals surface area contributed by atoms with Crippen LogP contribution in [0, 0.1) is 0 Å². The van der Waals surface area contributed by atoms with Crippen LogP contribution in [-0.2, 0) is 0 Å². The lowest BCUT2D eigenvalue weighted by molar-refractivity contribution is 0.171. The van der Waals surface area contributed by atoms with Crippen LogP contribution in [0.25, 0.3) is 11.3 Å². The van der Waals surface area contributed by atoms with E-state index in [4.69, 9.17) is 15.2 Å². The van der Waals surface area contributed by atoms with Crippen molar-refractivity contribution in [3.63, 3.8) is 0 Å². The van der Waals surface area contributed by atoms with Gasteiger partial charge in [-0.3, -0.25) is 0 Å². The molecule has 1 aromatic carbocycles. The summed E-state index contributed by atoms with van der Waals surface area (Å²) in [7, 11) is 0. The van der Waals surface area contributed by atoms with Crippen molar-refractivity contribution in [2.24, 2.45) is 0 Å². The molecule has 0 amide bonds. The van der Waals surface area contributed by atoms with Crippen LogP contribution in [0.2, 0.25) is 0 Å². The van der Waals surface area contributed by atoms with Crippen molar-refractivity contribution in [1.29, 1.82) is 0 Å². The van der Waals surface area contributed by atoms with Crippen molar-refractivity contribution in [2.45, 2.75) is 0 Å². The molecule has 2 aromatic rings. The van der Waals surface area contributed by atoms with Crippen molar-refractivity contribution >= 4 is 5.95 Å². The molecule has 1 aliphatic rings. The predicted molar refractivity (Wildman–Crippen MR) is 62.9 cm³/mol. The topological polar surface area (TPSA) is 70.3 Å². The summed E-state index contributed by atoms with van der Waals surface area (Å²) >= 11 is 0. The quantitative estimate of drug-likeness (QED) is 0.802. The first-order valence-electron chi connectivity index (χ1n) is 5.31. The molecule has 17 heavy (non-hydrogen) atoms. The fourth-order valence-corrected chi connectivity index (χ4v) is 1.74. The maximum Gasteiger partial charge on any atom is 0.220 e. The van der Waals surface area contributed by atoms with Crippen molar-refractivity contribution in [3.8, 4) is 22.8 Å². The van der Waals surface area contributed by atoms with E-state index >= 15 is 0 Å². The Morgan fingerprint density at radius 1 is 1.06 bits per heavy atom. The second-order valence-electron chi connectivity index (χ2n) is 3.66. The zero-order valence-corrected chi connectivity index (χ0v) is 9.09. The molecule has 0 aliphatic carbocycles. The summed E-state index contributed by atoms with van der Waals surface area (Å²) in [5.74, 6) is 1.77. The summed E-state index contributed by atoms with van der Waals surface area (Å²) < 4.78 is 11.0. The molecular formula is C12H11N3O2. The molecule has 5 heteroatoms. The molecule has 0 atom stereocenters. The molecule has 2 heterocycles. The lowest BCUT2D eigenvalue weighted by Crippen LogP contribution is -2.15. The third-order valence-corrected chi connectivity index (χ3v) is 2.51. The van der Waals surface area contributed by atoms with Crippen LogP contribution in [0.3, 0.4) is 0 Å². The average Bonchev–Trinajstić information content (AvgIpc) is 2.38. The Morgan fingerprint density at radius 2 is 1.88 bits per heavy atom. The lowest BCUT2D eigenvalue weighted by Gasteiger charge is -2.18. The van der Waals surface area contributed by atoms with Crippen LogP contribution in [0.5, 0.6) is 11.5 Å². The van der Waals surface area contributed by atoms with E-state index in [0.29, 0.717) is 13.2 Å². The third-order valence-electron chi connectivity index (χ3n) is 2.51. The highest BCUT2D eigenvalue weighted by atomic mass is 16.6. The van der Waals surface area contributed by atoms with Crippen molar-refractivity contribution < 1.29 is 9.47 Å². The van der Waals surface area contributed by atoms with Gasteiger partial charge in [-0.1, -0.05) is 0 Å². The Kier molecular flexibility index (Phi) is 2.29. The zero-order chi connectivity index (χ0) is 11.7. The lowest BCUT2D eigenvalue weighted by atomic mass is 10.1.